The molecule has 2 unspecified atom stereocenters. The third-order valence-electron chi connectivity index (χ3n) is 4.31. The van der Waals surface area contributed by atoms with Crippen LogP contribution >= 0.6 is 0 Å². The van der Waals surface area contributed by atoms with Crippen molar-refractivity contribution in [3.05, 3.63) is 0 Å². The number of unbranched alkanes of at least 4 members (excludes halogenated alkanes) is 1. The lowest BCUT2D eigenvalue weighted by Crippen LogP contribution is -2.46. The Bertz CT molecular complexity index is 164. The molecule has 0 aliphatic heterocycles. The number of rotatable bonds is 7. The van der Waals surface area contributed by atoms with Gasteiger partial charge in [0, 0.05) is 6.04 Å². The van der Waals surface area contributed by atoms with Gasteiger partial charge in [-0.2, -0.15) is 0 Å². The van der Waals surface area contributed by atoms with Crippen molar-refractivity contribution in [1.82, 2.24) is 5.43 Å². The smallest absolute Gasteiger partial charge is 0.0266 e. The van der Waals surface area contributed by atoms with Crippen molar-refractivity contribution in [2.75, 3.05) is 0 Å². The second-order valence-corrected chi connectivity index (χ2v) is 5.40. The number of nitrogens with two attached hydrogens (primary N) is 1. The van der Waals surface area contributed by atoms with Crippen LogP contribution in [0.3, 0.4) is 0 Å². The molecule has 0 aromatic heterocycles. The highest BCUT2D eigenvalue weighted by atomic mass is 15.2. The molecule has 1 saturated carbocycles. The quantitative estimate of drug-likeness (QED) is 0.514. The molecule has 2 nitrogen and oxygen atoms in total. The van der Waals surface area contributed by atoms with Crippen LogP contribution in [0.2, 0.25) is 0 Å². The standard InChI is InChI=1S/C14H30N2/c1-3-5-9-12(4-2)14(16-15)13-10-7-6-8-11-13/h12-14,16H,3-11,15H2,1-2H3. The van der Waals surface area contributed by atoms with Crippen LogP contribution < -0.4 is 11.3 Å². The first kappa shape index (κ1) is 14.0. The zero-order valence-electron chi connectivity index (χ0n) is 11.2. The Morgan fingerprint density at radius 2 is 1.88 bits per heavy atom. The summed E-state index contributed by atoms with van der Waals surface area (Å²) in [7, 11) is 0. The molecule has 3 N–H and O–H groups in total. The van der Waals surface area contributed by atoms with Gasteiger partial charge in [0.1, 0.15) is 0 Å². The third kappa shape index (κ3) is 4.06. The zero-order chi connectivity index (χ0) is 11.8. The van der Waals surface area contributed by atoms with E-state index in [9.17, 15) is 0 Å². The monoisotopic (exact) mass is 226 g/mol. The molecule has 0 spiro atoms. The molecular weight excluding hydrogens is 196 g/mol. The van der Waals surface area contributed by atoms with E-state index >= 15 is 0 Å². The van der Waals surface area contributed by atoms with Crippen molar-refractivity contribution in [3.8, 4) is 0 Å². The van der Waals surface area contributed by atoms with Crippen molar-refractivity contribution < 1.29 is 0 Å². The van der Waals surface area contributed by atoms with Gasteiger partial charge in [-0.1, -0.05) is 52.4 Å². The van der Waals surface area contributed by atoms with Crippen LogP contribution in [0.15, 0.2) is 0 Å². The molecule has 0 aromatic rings. The first-order valence-electron chi connectivity index (χ1n) is 7.29. The molecule has 2 heteroatoms. The van der Waals surface area contributed by atoms with Crippen LogP contribution in [0, 0.1) is 11.8 Å². The van der Waals surface area contributed by atoms with Crippen molar-refractivity contribution in [2.45, 2.75) is 77.7 Å². The second-order valence-electron chi connectivity index (χ2n) is 5.40. The van der Waals surface area contributed by atoms with Crippen molar-refractivity contribution in [1.29, 1.82) is 0 Å². The Labute approximate surface area is 101 Å². The van der Waals surface area contributed by atoms with Crippen LogP contribution in [0.25, 0.3) is 0 Å². The molecule has 0 radical (unpaired) electrons. The molecule has 0 heterocycles. The fraction of sp³-hybridized carbons (Fsp3) is 1.00. The maximum Gasteiger partial charge on any atom is 0.0266 e. The molecule has 1 aliphatic rings. The number of nitrogens with one attached hydrogen (secondary N) is 1. The highest BCUT2D eigenvalue weighted by molar-refractivity contribution is 4.83. The van der Waals surface area contributed by atoms with Crippen LogP contribution in [0.1, 0.15) is 71.6 Å². The molecular formula is C14H30N2. The Morgan fingerprint density at radius 1 is 1.19 bits per heavy atom. The summed E-state index contributed by atoms with van der Waals surface area (Å²) in [5.41, 5.74) is 3.13. The summed E-state index contributed by atoms with van der Waals surface area (Å²) in [4.78, 5) is 0. The topological polar surface area (TPSA) is 38.0 Å². The summed E-state index contributed by atoms with van der Waals surface area (Å²) in [6.45, 7) is 4.59. The minimum absolute atomic E-state index is 0.567. The van der Waals surface area contributed by atoms with E-state index in [1.165, 1.54) is 57.8 Å². The summed E-state index contributed by atoms with van der Waals surface area (Å²) >= 11 is 0. The average Bonchev–Trinajstić information content (AvgIpc) is 2.35. The molecule has 0 bridgehead atoms. The van der Waals surface area contributed by atoms with E-state index in [1.54, 1.807) is 0 Å². The van der Waals surface area contributed by atoms with Gasteiger partial charge in [0.2, 0.25) is 0 Å². The Kier molecular flexibility index (Phi) is 7.06. The lowest BCUT2D eigenvalue weighted by molar-refractivity contribution is 0.193. The molecule has 1 rings (SSSR count). The molecule has 16 heavy (non-hydrogen) atoms. The van der Waals surface area contributed by atoms with Gasteiger partial charge in [0.25, 0.3) is 0 Å². The summed E-state index contributed by atoms with van der Waals surface area (Å²) in [5.74, 6) is 7.42. The minimum atomic E-state index is 0.567. The van der Waals surface area contributed by atoms with Crippen molar-refractivity contribution in [3.63, 3.8) is 0 Å². The summed E-state index contributed by atoms with van der Waals surface area (Å²) in [6, 6.07) is 0.567. The van der Waals surface area contributed by atoms with E-state index in [4.69, 9.17) is 5.84 Å². The fourth-order valence-electron chi connectivity index (χ4n) is 3.25. The van der Waals surface area contributed by atoms with E-state index < -0.39 is 0 Å². The normalized spacial score (nSPS) is 21.9. The molecule has 1 fully saturated rings. The molecule has 0 aromatic carbocycles. The summed E-state index contributed by atoms with van der Waals surface area (Å²) in [6.07, 6.45) is 12.3. The van der Waals surface area contributed by atoms with Gasteiger partial charge in [-0.15, -0.1) is 0 Å². The van der Waals surface area contributed by atoms with Gasteiger partial charge in [-0.25, -0.2) is 0 Å². The van der Waals surface area contributed by atoms with E-state index in [1.807, 2.05) is 0 Å². The van der Waals surface area contributed by atoms with Gasteiger partial charge >= 0.3 is 0 Å². The molecule has 0 saturated heterocycles. The van der Waals surface area contributed by atoms with Crippen LogP contribution in [0.5, 0.6) is 0 Å². The van der Waals surface area contributed by atoms with E-state index in [0.29, 0.717) is 6.04 Å². The lowest BCUT2D eigenvalue weighted by Gasteiger charge is -2.35. The van der Waals surface area contributed by atoms with Gasteiger partial charge in [0.05, 0.1) is 0 Å². The Hall–Kier alpha value is -0.0800. The summed E-state index contributed by atoms with van der Waals surface area (Å²) in [5, 5.41) is 0. The predicted octanol–water partition coefficient (Wildman–Crippen LogP) is 3.62. The van der Waals surface area contributed by atoms with Crippen molar-refractivity contribution in [2.24, 2.45) is 17.7 Å². The third-order valence-corrected chi connectivity index (χ3v) is 4.31. The van der Waals surface area contributed by atoms with E-state index in [-0.39, 0.29) is 0 Å². The van der Waals surface area contributed by atoms with Crippen LogP contribution in [-0.4, -0.2) is 6.04 Å². The van der Waals surface area contributed by atoms with Gasteiger partial charge in [-0.3, -0.25) is 11.3 Å². The minimum Gasteiger partial charge on any atom is -0.271 e. The fourth-order valence-corrected chi connectivity index (χ4v) is 3.25. The number of hydrazine groups is 1. The van der Waals surface area contributed by atoms with Crippen molar-refractivity contribution >= 4 is 0 Å². The van der Waals surface area contributed by atoms with E-state index in [0.717, 1.165) is 11.8 Å². The Balaban J connectivity index is 2.47. The molecule has 96 valence electrons. The van der Waals surface area contributed by atoms with Crippen LogP contribution in [0.4, 0.5) is 0 Å². The largest absolute Gasteiger partial charge is 0.271 e. The molecule has 2 atom stereocenters. The Morgan fingerprint density at radius 3 is 2.38 bits per heavy atom. The second kappa shape index (κ2) is 8.08. The lowest BCUT2D eigenvalue weighted by atomic mass is 9.76. The first-order chi connectivity index (χ1) is 7.83. The predicted molar refractivity (Wildman–Crippen MR) is 71.0 cm³/mol. The molecule has 1 aliphatic carbocycles. The van der Waals surface area contributed by atoms with Gasteiger partial charge in [-0.05, 0) is 31.1 Å². The zero-order valence-corrected chi connectivity index (χ0v) is 11.2. The maximum atomic E-state index is 5.80. The first-order valence-corrected chi connectivity index (χ1v) is 7.29. The van der Waals surface area contributed by atoms with Crippen LogP contribution in [-0.2, 0) is 0 Å². The SMILES string of the molecule is CCCCC(CC)C(NN)C1CCCCC1. The van der Waals surface area contributed by atoms with Gasteiger partial charge < -0.3 is 0 Å². The maximum absolute atomic E-state index is 5.80. The van der Waals surface area contributed by atoms with E-state index in [2.05, 4.69) is 19.3 Å². The van der Waals surface area contributed by atoms with Gasteiger partial charge in [0.15, 0.2) is 0 Å². The summed E-state index contributed by atoms with van der Waals surface area (Å²) < 4.78 is 0. The molecule has 0 amide bonds. The highest BCUT2D eigenvalue weighted by Crippen LogP contribution is 2.32. The number of hydrogen-bond donors (Lipinski definition) is 2. The number of hydrogen-bond acceptors (Lipinski definition) is 2. The average molecular weight is 226 g/mol. The highest BCUT2D eigenvalue weighted by Gasteiger charge is 2.28.